The molecule has 0 heterocycles. The van der Waals surface area contributed by atoms with E-state index < -0.39 is 17.4 Å². The van der Waals surface area contributed by atoms with E-state index in [4.69, 9.17) is 6.42 Å². The van der Waals surface area contributed by atoms with Gasteiger partial charge in [0, 0.05) is 18.4 Å². The van der Waals surface area contributed by atoms with Gasteiger partial charge >= 0.3 is 11.9 Å². The number of carbonyl (C=O) groups is 2. The Morgan fingerprint density at radius 1 is 1.04 bits per heavy atom. The average Bonchev–Trinajstić information content (AvgIpc) is 2.60. The van der Waals surface area contributed by atoms with Crippen LogP contribution in [0.25, 0.3) is 0 Å². The molecule has 0 radical (unpaired) electrons. The lowest BCUT2D eigenvalue weighted by Gasteiger charge is -2.23. The number of esters is 2. The van der Waals surface area contributed by atoms with Crippen LogP contribution in [0.1, 0.15) is 18.4 Å². The SMILES string of the molecule is C#CCC(CC#CC#Cc1ccccc1)(C(=O)OC)C(=O)OC. The first-order valence-electron chi connectivity index (χ1n) is 6.75. The molecule has 0 unspecified atom stereocenters. The van der Waals surface area contributed by atoms with Gasteiger partial charge in [-0.2, -0.15) is 0 Å². The summed E-state index contributed by atoms with van der Waals surface area (Å²) in [6, 6.07) is 9.31. The molecule has 0 bridgehead atoms. The lowest BCUT2D eigenvalue weighted by Crippen LogP contribution is -2.40. The van der Waals surface area contributed by atoms with E-state index >= 15 is 0 Å². The molecule has 0 N–H and O–H groups in total. The Kier molecular flexibility index (Phi) is 6.99. The second-order valence-electron chi connectivity index (χ2n) is 4.54. The van der Waals surface area contributed by atoms with Gasteiger partial charge in [0.25, 0.3) is 0 Å². The van der Waals surface area contributed by atoms with Crippen molar-refractivity contribution in [2.45, 2.75) is 12.8 Å². The zero-order chi connectivity index (χ0) is 17.1. The number of rotatable bonds is 4. The molecule has 23 heavy (non-hydrogen) atoms. The number of carbonyl (C=O) groups excluding carboxylic acids is 2. The second kappa shape index (κ2) is 8.98. The van der Waals surface area contributed by atoms with E-state index in [1.165, 1.54) is 14.2 Å². The smallest absolute Gasteiger partial charge is 0.325 e. The van der Waals surface area contributed by atoms with E-state index in [0.29, 0.717) is 0 Å². The lowest BCUT2D eigenvalue weighted by molar-refractivity contribution is -0.168. The summed E-state index contributed by atoms with van der Waals surface area (Å²) in [5, 5.41) is 0. The highest BCUT2D eigenvalue weighted by molar-refractivity contribution is 6.00. The van der Waals surface area contributed by atoms with Gasteiger partial charge in [-0.3, -0.25) is 9.59 Å². The van der Waals surface area contributed by atoms with E-state index in [9.17, 15) is 9.59 Å². The van der Waals surface area contributed by atoms with Gasteiger partial charge in [-0.1, -0.05) is 30.0 Å². The number of ether oxygens (including phenoxy) is 2. The number of hydrogen-bond donors (Lipinski definition) is 0. The quantitative estimate of drug-likeness (QED) is 0.483. The van der Waals surface area contributed by atoms with E-state index in [1.54, 1.807) is 0 Å². The van der Waals surface area contributed by atoms with E-state index in [2.05, 4.69) is 39.1 Å². The average molecular weight is 308 g/mol. The van der Waals surface area contributed by atoms with Crippen LogP contribution in [-0.2, 0) is 19.1 Å². The normalized spacial score (nSPS) is 9.26. The van der Waals surface area contributed by atoms with E-state index in [1.807, 2.05) is 30.3 Å². The standard InChI is InChI=1S/C19H16O4/c1-4-14-19(17(20)22-2,18(21)23-3)15-10-6-9-13-16-11-7-5-8-12-16/h1,5,7-8,11-12H,14-15H2,2-3H3. The molecule has 0 saturated carbocycles. The van der Waals surface area contributed by atoms with Crippen molar-refractivity contribution in [3.63, 3.8) is 0 Å². The van der Waals surface area contributed by atoms with Crippen LogP contribution in [-0.4, -0.2) is 26.2 Å². The third-order valence-corrected chi connectivity index (χ3v) is 3.08. The molecule has 1 aromatic rings. The van der Waals surface area contributed by atoms with Gasteiger partial charge in [-0.15, -0.1) is 12.3 Å². The Labute approximate surface area is 136 Å². The van der Waals surface area contributed by atoms with Crippen molar-refractivity contribution in [1.82, 2.24) is 0 Å². The second-order valence-corrected chi connectivity index (χ2v) is 4.54. The highest BCUT2D eigenvalue weighted by atomic mass is 16.5. The Bertz CT molecular complexity index is 702. The summed E-state index contributed by atoms with van der Waals surface area (Å²) in [7, 11) is 2.36. The number of benzene rings is 1. The molecule has 0 aromatic heterocycles. The summed E-state index contributed by atoms with van der Waals surface area (Å²) in [4.78, 5) is 24.0. The van der Waals surface area contributed by atoms with Crippen LogP contribution in [0, 0.1) is 41.4 Å². The zero-order valence-electron chi connectivity index (χ0n) is 13.0. The summed E-state index contributed by atoms with van der Waals surface area (Å²) in [5.41, 5.74) is -0.808. The third kappa shape index (κ3) is 4.67. The maximum Gasteiger partial charge on any atom is 0.325 e. The van der Waals surface area contributed by atoms with Crippen LogP contribution in [0.2, 0.25) is 0 Å². The predicted octanol–water partition coefficient (Wildman–Crippen LogP) is 1.79. The molecule has 0 aliphatic rings. The topological polar surface area (TPSA) is 52.6 Å². The predicted molar refractivity (Wildman–Crippen MR) is 85.6 cm³/mol. The van der Waals surface area contributed by atoms with Crippen LogP contribution in [0.4, 0.5) is 0 Å². The van der Waals surface area contributed by atoms with Crippen molar-refractivity contribution in [2.24, 2.45) is 5.41 Å². The summed E-state index contributed by atoms with van der Waals surface area (Å²) in [6.07, 6.45) is 4.98. The van der Waals surface area contributed by atoms with Crippen molar-refractivity contribution in [1.29, 1.82) is 0 Å². The Morgan fingerprint density at radius 2 is 1.65 bits per heavy atom. The summed E-state index contributed by atoms with van der Waals surface area (Å²) < 4.78 is 9.36. The monoisotopic (exact) mass is 308 g/mol. The first-order valence-corrected chi connectivity index (χ1v) is 6.75. The van der Waals surface area contributed by atoms with Crippen molar-refractivity contribution in [3.05, 3.63) is 35.9 Å². The van der Waals surface area contributed by atoms with Crippen LogP contribution >= 0.6 is 0 Å². The molecule has 1 aromatic carbocycles. The van der Waals surface area contributed by atoms with Gasteiger partial charge in [0.15, 0.2) is 5.41 Å². The van der Waals surface area contributed by atoms with E-state index in [-0.39, 0.29) is 12.8 Å². The molecule has 0 fully saturated rings. The summed E-state index contributed by atoms with van der Waals surface area (Å²) in [6.45, 7) is 0. The molecule has 0 spiro atoms. The molecular formula is C19H16O4. The van der Waals surface area contributed by atoms with Crippen molar-refractivity contribution in [3.8, 4) is 36.0 Å². The molecule has 0 amide bonds. The molecule has 4 nitrogen and oxygen atoms in total. The molecule has 0 aliphatic carbocycles. The van der Waals surface area contributed by atoms with Gasteiger partial charge in [0.1, 0.15) is 0 Å². The highest BCUT2D eigenvalue weighted by Crippen LogP contribution is 2.29. The molecule has 4 heteroatoms. The molecular weight excluding hydrogens is 292 g/mol. The molecule has 0 aliphatic heterocycles. The zero-order valence-corrected chi connectivity index (χ0v) is 13.0. The van der Waals surface area contributed by atoms with Gasteiger partial charge < -0.3 is 9.47 Å². The van der Waals surface area contributed by atoms with Gasteiger partial charge in [-0.05, 0) is 24.0 Å². The number of terminal acetylenes is 1. The molecule has 1 rings (SSSR count). The molecule has 0 atom stereocenters. The maximum absolute atomic E-state index is 12.0. The molecule has 116 valence electrons. The first-order chi connectivity index (χ1) is 11.1. The molecule has 0 saturated heterocycles. The first kappa shape index (κ1) is 17.9. The minimum absolute atomic E-state index is 0.125. The Hall–Kier alpha value is -3.16. The summed E-state index contributed by atoms with van der Waals surface area (Å²) >= 11 is 0. The van der Waals surface area contributed by atoms with Crippen molar-refractivity contribution in [2.75, 3.05) is 14.2 Å². The Balaban J connectivity index is 2.98. The van der Waals surface area contributed by atoms with Gasteiger partial charge in [-0.25, -0.2) is 0 Å². The Morgan fingerprint density at radius 3 is 2.17 bits per heavy atom. The minimum Gasteiger partial charge on any atom is -0.468 e. The maximum atomic E-state index is 12.0. The van der Waals surface area contributed by atoms with Crippen LogP contribution in [0.3, 0.4) is 0 Å². The highest BCUT2D eigenvalue weighted by Gasteiger charge is 2.47. The third-order valence-electron chi connectivity index (χ3n) is 3.08. The fraction of sp³-hybridized carbons (Fsp3) is 0.263. The fourth-order valence-electron chi connectivity index (χ4n) is 1.86. The van der Waals surface area contributed by atoms with Gasteiger partial charge in [0.05, 0.1) is 14.2 Å². The lowest BCUT2D eigenvalue weighted by atomic mass is 9.81. The van der Waals surface area contributed by atoms with E-state index in [0.717, 1.165) is 5.56 Å². The van der Waals surface area contributed by atoms with Crippen LogP contribution < -0.4 is 0 Å². The minimum atomic E-state index is -1.63. The van der Waals surface area contributed by atoms with Crippen LogP contribution in [0.15, 0.2) is 30.3 Å². The van der Waals surface area contributed by atoms with Crippen LogP contribution in [0.5, 0.6) is 0 Å². The largest absolute Gasteiger partial charge is 0.468 e. The van der Waals surface area contributed by atoms with Crippen molar-refractivity contribution >= 4 is 11.9 Å². The number of hydrogen-bond acceptors (Lipinski definition) is 4. The van der Waals surface area contributed by atoms with Gasteiger partial charge in [0.2, 0.25) is 0 Å². The number of methoxy groups -OCH3 is 2. The summed E-state index contributed by atoms with van der Waals surface area (Å²) in [5.74, 6) is 11.6. The van der Waals surface area contributed by atoms with Crippen molar-refractivity contribution < 1.29 is 19.1 Å². The fourth-order valence-corrected chi connectivity index (χ4v) is 1.86.